The quantitative estimate of drug-likeness (QED) is 0.616. The Morgan fingerprint density at radius 2 is 1.75 bits per heavy atom. The summed E-state index contributed by atoms with van der Waals surface area (Å²) in [5.41, 5.74) is 6.29. The Hall–Kier alpha value is -1.27. The third-order valence-electron chi connectivity index (χ3n) is 3.40. The summed E-state index contributed by atoms with van der Waals surface area (Å²) in [6, 6.07) is 7.20. The first-order valence-corrected chi connectivity index (χ1v) is 8.65. The van der Waals surface area contributed by atoms with Gasteiger partial charge in [0.15, 0.2) is 0 Å². The van der Waals surface area contributed by atoms with E-state index in [2.05, 4.69) is 0 Å². The zero-order valence-corrected chi connectivity index (χ0v) is 12.4. The summed E-state index contributed by atoms with van der Waals surface area (Å²) in [6.45, 7) is 1.90. The first-order chi connectivity index (χ1) is 9.58. The fraction of sp³-hybridized carbons (Fsp3) is 0.571. The first-order valence-electron chi connectivity index (χ1n) is 7.04. The Labute approximate surface area is 120 Å². The van der Waals surface area contributed by atoms with Crippen molar-refractivity contribution < 1.29 is 13.2 Å². The largest absolute Gasteiger partial charge is 0.494 e. The molecule has 1 saturated heterocycles. The molecule has 1 aromatic rings. The van der Waals surface area contributed by atoms with E-state index in [1.54, 1.807) is 16.4 Å². The minimum atomic E-state index is -3.05. The van der Waals surface area contributed by atoms with Gasteiger partial charge in [-0.25, -0.2) is 12.7 Å². The molecule has 1 aliphatic heterocycles. The Bertz CT molecular complexity index is 508. The van der Waals surface area contributed by atoms with Crippen LogP contribution in [0.4, 0.5) is 5.69 Å². The smallest absolute Gasteiger partial charge is 0.214 e. The lowest BCUT2D eigenvalue weighted by atomic mass is 10.3. The van der Waals surface area contributed by atoms with Crippen LogP contribution in [0.5, 0.6) is 5.75 Å². The molecular formula is C14H22N2O3S. The summed E-state index contributed by atoms with van der Waals surface area (Å²) in [6.07, 6.45) is 3.34. The third kappa shape index (κ3) is 4.38. The van der Waals surface area contributed by atoms with Crippen LogP contribution in [0, 0.1) is 0 Å². The van der Waals surface area contributed by atoms with Gasteiger partial charge in [-0.05, 0) is 49.9 Å². The Morgan fingerprint density at radius 1 is 1.10 bits per heavy atom. The molecule has 0 aromatic heterocycles. The molecule has 0 unspecified atom stereocenters. The summed E-state index contributed by atoms with van der Waals surface area (Å²) >= 11 is 0. The van der Waals surface area contributed by atoms with Crippen LogP contribution in [0.15, 0.2) is 24.3 Å². The van der Waals surface area contributed by atoms with Crippen LogP contribution in [0.2, 0.25) is 0 Å². The van der Waals surface area contributed by atoms with E-state index in [0.717, 1.165) is 25.0 Å². The summed E-state index contributed by atoms with van der Waals surface area (Å²) < 4.78 is 31.1. The van der Waals surface area contributed by atoms with Crippen molar-refractivity contribution in [1.29, 1.82) is 0 Å². The number of unbranched alkanes of at least 4 members (excludes halogenated alkanes) is 1. The maximum absolute atomic E-state index is 12.0. The Kier molecular flexibility index (Phi) is 5.25. The highest BCUT2D eigenvalue weighted by Gasteiger charge is 2.24. The van der Waals surface area contributed by atoms with Crippen molar-refractivity contribution in [2.24, 2.45) is 0 Å². The topological polar surface area (TPSA) is 72.6 Å². The zero-order valence-electron chi connectivity index (χ0n) is 11.6. The van der Waals surface area contributed by atoms with E-state index in [-0.39, 0.29) is 5.75 Å². The molecule has 0 atom stereocenters. The second-order valence-corrected chi connectivity index (χ2v) is 7.14. The number of hydrogen-bond acceptors (Lipinski definition) is 4. The molecular weight excluding hydrogens is 276 g/mol. The van der Waals surface area contributed by atoms with Gasteiger partial charge < -0.3 is 10.5 Å². The highest BCUT2D eigenvalue weighted by Crippen LogP contribution is 2.15. The monoisotopic (exact) mass is 298 g/mol. The molecule has 6 heteroatoms. The summed E-state index contributed by atoms with van der Waals surface area (Å²) in [5, 5.41) is 0. The van der Waals surface area contributed by atoms with Crippen LogP contribution >= 0.6 is 0 Å². The van der Waals surface area contributed by atoms with Crippen LogP contribution in [0.3, 0.4) is 0 Å². The van der Waals surface area contributed by atoms with Crippen LogP contribution in [-0.4, -0.2) is 38.2 Å². The van der Waals surface area contributed by atoms with Gasteiger partial charge in [-0.15, -0.1) is 0 Å². The molecule has 0 radical (unpaired) electrons. The molecule has 1 fully saturated rings. The van der Waals surface area contributed by atoms with E-state index in [0.29, 0.717) is 31.8 Å². The molecule has 1 aromatic carbocycles. The van der Waals surface area contributed by atoms with Gasteiger partial charge in [0.05, 0.1) is 12.4 Å². The molecule has 1 heterocycles. The highest BCUT2D eigenvalue weighted by molar-refractivity contribution is 7.89. The second-order valence-electron chi connectivity index (χ2n) is 5.05. The number of nitrogen functional groups attached to an aromatic ring is 1. The normalized spacial score (nSPS) is 16.4. The molecule has 112 valence electrons. The van der Waals surface area contributed by atoms with Crippen molar-refractivity contribution in [1.82, 2.24) is 4.31 Å². The second kappa shape index (κ2) is 6.95. The van der Waals surface area contributed by atoms with Gasteiger partial charge in [0.25, 0.3) is 0 Å². The number of anilines is 1. The maximum atomic E-state index is 12.0. The number of ether oxygens (including phenoxy) is 1. The van der Waals surface area contributed by atoms with Gasteiger partial charge in [-0.3, -0.25) is 0 Å². The average Bonchev–Trinajstić information content (AvgIpc) is 2.95. The predicted molar refractivity (Wildman–Crippen MR) is 80.2 cm³/mol. The SMILES string of the molecule is Nc1ccc(OCCCCS(=O)(=O)N2CCCC2)cc1. The fourth-order valence-electron chi connectivity index (χ4n) is 2.24. The lowest BCUT2D eigenvalue weighted by Gasteiger charge is -2.15. The van der Waals surface area contributed by atoms with Crippen LogP contribution < -0.4 is 10.5 Å². The lowest BCUT2D eigenvalue weighted by molar-refractivity contribution is 0.309. The molecule has 0 aliphatic carbocycles. The number of nitrogens with zero attached hydrogens (tertiary/aromatic N) is 1. The van der Waals surface area contributed by atoms with E-state index < -0.39 is 10.0 Å². The highest BCUT2D eigenvalue weighted by atomic mass is 32.2. The number of benzene rings is 1. The fourth-order valence-corrected chi connectivity index (χ4v) is 3.88. The van der Waals surface area contributed by atoms with Crippen molar-refractivity contribution in [2.75, 3.05) is 31.2 Å². The van der Waals surface area contributed by atoms with E-state index >= 15 is 0 Å². The molecule has 0 bridgehead atoms. The number of rotatable bonds is 7. The predicted octanol–water partition coefficient (Wildman–Crippen LogP) is 1.85. The van der Waals surface area contributed by atoms with Gasteiger partial charge in [0.2, 0.25) is 10.0 Å². The van der Waals surface area contributed by atoms with Crippen molar-refractivity contribution in [3.05, 3.63) is 24.3 Å². The molecule has 20 heavy (non-hydrogen) atoms. The average molecular weight is 298 g/mol. The van der Waals surface area contributed by atoms with Gasteiger partial charge in [-0.1, -0.05) is 0 Å². The lowest BCUT2D eigenvalue weighted by Crippen LogP contribution is -2.30. The maximum Gasteiger partial charge on any atom is 0.214 e. The van der Waals surface area contributed by atoms with Crippen LogP contribution in [-0.2, 0) is 10.0 Å². The molecule has 1 aliphatic rings. The minimum Gasteiger partial charge on any atom is -0.494 e. The van der Waals surface area contributed by atoms with Crippen molar-refractivity contribution in [3.8, 4) is 5.75 Å². The molecule has 2 rings (SSSR count). The van der Waals surface area contributed by atoms with Gasteiger partial charge in [0.1, 0.15) is 5.75 Å². The van der Waals surface area contributed by atoms with E-state index in [1.807, 2.05) is 12.1 Å². The number of hydrogen-bond donors (Lipinski definition) is 1. The molecule has 0 saturated carbocycles. The number of sulfonamides is 1. The van der Waals surface area contributed by atoms with Gasteiger partial charge >= 0.3 is 0 Å². The Morgan fingerprint density at radius 3 is 2.40 bits per heavy atom. The summed E-state index contributed by atoms with van der Waals surface area (Å²) in [7, 11) is -3.05. The van der Waals surface area contributed by atoms with E-state index in [4.69, 9.17) is 10.5 Å². The zero-order chi connectivity index (χ0) is 14.4. The van der Waals surface area contributed by atoms with E-state index in [1.165, 1.54) is 0 Å². The van der Waals surface area contributed by atoms with Crippen molar-refractivity contribution >= 4 is 15.7 Å². The standard InChI is InChI=1S/C14H22N2O3S/c15-13-5-7-14(8-6-13)19-11-3-4-12-20(17,18)16-9-1-2-10-16/h5-8H,1-4,9-12,15H2. The molecule has 5 nitrogen and oxygen atoms in total. The molecule has 0 amide bonds. The first kappa shape index (κ1) is 15.1. The van der Waals surface area contributed by atoms with Gasteiger partial charge in [0, 0.05) is 18.8 Å². The minimum absolute atomic E-state index is 0.220. The van der Waals surface area contributed by atoms with Crippen LogP contribution in [0.1, 0.15) is 25.7 Å². The Balaban J connectivity index is 1.65. The molecule has 2 N–H and O–H groups in total. The van der Waals surface area contributed by atoms with E-state index in [9.17, 15) is 8.42 Å². The number of nitrogens with two attached hydrogens (primary N) is 1. The third-order valence-corrected chi connectivity index (χ3v) is 5.36. The van der Waals surface area contributed by atoms with Crippen molar-refractivity contribution in [2.45, 2.75) is 25.7 Å². The van der Waals surface area contributed by atoms with Gasteiger partial charge in [-0.2, -0.15) is 0 Å². The van der Waals surface area contributed by atoms with Crippen LogP contribution in [0.25, 0.3) is 0 Å². The molecule has 0 spiro atoms. The summed E-state index contributed by atoms with van der Waals surface area (Å²) in [4.78, 5) is 0. The van der Waals surface area contributed by atoms with Crippen molar-refractivity contribution in [3.63, 3.8) is 0 Å². The summed E-state index contributed by atoms with van der Waals surface area (Å²) in [5.74, 6) is 0.986.